The first-order valence-corrected chi connectivity index (χ1v) is 22.4. The second-order valence-electron chi connectivity index (χ2n) is 19.5. The fraction of sp³-hybridized carbons (Fsp3) is 0.520. The van der Waals surface area contributed by atoms with Crippen LogP contribution in [0.5, 0.6) is 17.2 Å². The molecule has 3 N–H and O–H groups in total. The minimum Gasteiger partial charge on any atom is -0.497 e. The van der Waals surface area contributed by atoms with Crippen LogP contribution < -0.4 is 35.1 Å². The van der Waals surface area contributed by atoms with Crippen molar-refractivity contribution in [3.63, 3.8) is 0 Å². The molecule has 334 valence electrons. The number of benzene rings is 3. The van der Waals surface area contributed by atoms with Crippen LogP contribution in [0.15, 0.2) is 66.9 Å². The number of nitrogens with zero attached hydrogens (tertiary/aromatic N) is 3. The minimum absolute atomic E-state index is 0.0188. The van der Waals surface area contributed by atoms with E-state index in [4.69, 9.17) is 18.9 Å². The van der Waals surface area contributed by atoms with Gasteiger partial charge in [0, 0.05) is 90.5 Å². The number of methoxy groups -OCH3 is 1. The highest BCUT2D eigenvalue weighted by Crippen LogP contribution is 2.55. The van der Waals surface area contributed by atoms with Gasteiger partial charge in [-0.05, 0) is 99.2 Å². The van der Waals surface area contributed by atoms with Crippen molar-refractivity contribution in [1.29, 1.82) is 5.26 Å². The molecule has 0 bridgehead atoms. The molecule has 3 aromatic carbocycles. The molecule has 2 saturated carbocycles. The lowest BCUT2D eigenvalue weighted by Crippen LogP contribution is -2.74. The van der Waals surface area contributed by atoms with E-state index < -0.39 is 6.04 Å². The Morgan fingerprint density at radius 1 is 0.873 bits per heavy atom. The largest absolute Gasteiger partial charge is 0.497 e. The number of piperidine rings is 2. The van der Waals surface area contributed by atoms with Gasteiger partial charge in [-0.3, -0.25) is 19.3 Å². The molecule has 1 atom stereocenters. The Bertz CT molecular complexity index is 2260. The van der Waals surface area contributed by atoms with E-state index in [1.165, 1.54) is 0 Å². The van der Waals surface area contributed by atoms with Gasteiger partial charge >= 0.3 is 0 Å². The van der Waals surface area contributed by atoms with E-state index in [2.05, 4.69) is 78.2 Å². The van der Waals surface area contributed by atoms with E-state index >= 15 is 0 Å². The smallest absolute Gasteiger partial charge is 0.252 e. The Hall–Kier alpha value is -5.58. The Morgan fingerprint density at radius 3 is 2.14 bits per heavy atom. The summed E-state index contributed by atoms with van der Waals surface area (Å²) in [7, 11) is 1.56. The highest BCUT2D eigenvalue weighted by Gasteiger charge is 2.64. The van der Waals surface area contributed by atoms with Gasteiger partial charge in [-0.15, -0.1) is 0 Å². The molecule has 3 amide bonds. The minimum atomic E-state index is -0.617. The van der Waals surface area contributed by atoms with Crippen LogP contribution in [-0.4, -0.2) is 98.5 Å². The highest BCUT2D eigenvalue weighted by molar-refractivity contribution is 5.98. The SMILES string of the molecule is C=C1CCC(NC(=O)c2cc(OC)cc(OC3CC(N4CCOC5(CCN(c6ccc(C(=O)NC7C(C)(C)C(Oc8cc(C)c(C#N)c(C)c8)C7(C)C)cc6)CC5)C4)C3)c2)C(=O)N1. The molecule has 3 heterocycles. The third-order valence-corrected chi connectivity index (χ3v) is 14.4. The molecular formula is C50H62N6O7. The lowest BCUT2D eigenvalue weighted by molar-refractivity contribution is -0.164. The van der Waals surface area contributed by atoms with Crippen molar-refractivity contribution >= 4 is 23.4 Å². The van der Waals surface area contributed by atoms with Crippen LogP contribution in [0.1, 0.15) is 104 Å². The second-order valence-corrected chi connectivity index (χ2v) is 19.5. The second kappa shape index (κ2) is 17.2. The summed E-state index contributed by atoms with van der Waals surface area (Å²) in [6.45, 7) is 20.4. The molecule has 63 heavy (non-hydrogen) atoms. The quantitative estimate of drug-likeness (QED) is 0.192. The van der Waals surface area contributed by atoms with E-state index in [-0.39, 0.29) is 52.4 Å². The van der Waals surface area contributed by atoms with Gasteiger partial charge in [0.1, 0.15) is 35.5 Å². The number of ether oxygens (including phenoxy) is 4. The average molecular weight is 859 g/mol. The molecule has 13 nitrogen and oxygen atoms in total. The van der Waals surface area contributed by atoms with Crippen LogP contribution in [0.3, 0.4) is 0 Å². The number of aryl methyl sites for hydroxylation is 2. The maximum absolute atomic E-state index is 13.6. The molecule has 13 heteroatoms. The first kappa shape index (κ1) is 44.0. The van der Waals surface area contributed by atoms with Gasteiger partial charge in [0.25, 0.3) is 11.8 Å². The van der Waals surface area contributed by atoms with Crippen molar-refractivity contribution in [2.24, 2.45) is 10.8 Å². The van der Waals surface area contributed by atoms with E-state index in [9.17, 15) is 19.6 Å². The predicted molar refractivity (Wildman–Crippen MR) is 240 cm³/mol. The van der Waals surface area contributed by atoms with Gasteiger partial charge < -0.3 is 39.8 Å². The molecule has 3 saturated heterocycles. The number of rotatable bonds is 11. The van der Waals surface area contributed by atoms with Gasteiger partial charge in [0.15, 0.2) is 0 Å². The molecule has 1 spiro atoms. The summed E-state index contributed by atoms with van der Waals surface area (Å²) in [5.41, 5.74) is 4.41. The maximum atomic E-state index is 13.6. The molecule has 0 radical (unpaired) electrons. The first-order valence-electron chi connectivity index (χ1n) is 22.4. The number of hydrogen-bond acceptors (Lipinski definition) is 10. The van der Waals surface area contributed by atoms with Crippen LogP contribution in [0.25, 0.3) is 0 Å². The number of amides is 3. The Labute approximate surface area is 371 Å². The first-order chi connectivity index (χ1) is 30.0. The summed E-state index contributed by atoms with van der Waals surface area (Å²) >= 11 is 0. The molecule has 3 aromatic rings. The van der Waals surface area contributed by atoms with E-state index in [0.717, 1.165) is 74.4 Å². The zero-order valence-electron chi connectivity index (χ0n) is 37.8. The average Bonchev–Trinajstić information content (AvgIpc) is 3.24. The Balaban J connectivity index is 0.805. The lowest BCUT2D eigenvalue weighted by Gasteiger charge is -2.63. The number of anilines is 1. The highest BCUT2D eigenvalue weighted by atomic mass is 16.5. The number of carbonyl (C=O) groups is 3. The lowest BCUT2D eigenvalue weighted by atomic mass is 9.49. The summed E-state index contributed by atoms with van der Waals surface area (Å²) < 4.78 is 25.0. The molecular weight excluding hydrogens is 797 g/mol. The monoisotopic (exact) mass is 858 g/mol. The summed E-state index contributed by atoms with van der Waals surface area (Å²) in [6.07, 6.45) is 4.62. The van der Waals surface area contributed by atoms with Gasteiger partial charge in [0.05, 0.1) is 31.0 Å². The fourth-order valence-corrected chi connectivity index (χ4v) is 11.0. The number of hydrogen-bond donors (Lipinski definition) is 3. The zero-order valence-corrected chi connectivity index (χ0v) is 37.8. The molecule has 8 rings (SSSR count). The van der Waals surface area contributed by atoms with Crippen LogP contribution in [-0.2, 0) is 9.53 Å². The van der Waals surface area contributed by atoms with Crippen molar-refractivity contribution in [1.82, 2.24) is 20.9 Å². The third-order valence-electron chi connectivity index (χ3n) is 14.4. The normalized spacial score (nSPS) is 26.0. The molecule has 3 aliphatic heterocycles. The van der Waals surface area contributed by atoms with Crippen molar-refractivity contribution < 1.29 is 33.3 Å². The predicted octanol–water partition coefficient (Wildman–Crippen LogP) is 6.60. The summed E-state index contributed by atoms with van der Waals surface area (Å²) in [6, 6.07) is 18.9. The van der Waals surface area contributed by atoms with Crippen molar-refractivity contribution in [2.45, 2.75) is 116 Å². The van der Waals surface area contributed by atoms with Gasteiger partial charge in [0.2, 0.25) is 5.91 Å². The van der Waals surface area contributed by atoms with Crippen LogP contribution in [0.2, 0.25) is 0 Å². The molecule has 0 aromatic heterocycles. The number of nitriles is 1. The number of allylic oxidation sites excluding steroid dienone is 1. The summed E-state index contributed by atoms with van der Waals surface area (Å²) in [5, 5.41) is 18.4. The van der Waals surface area contributed by atoms with Gasteiger partial charge in [-0.1, -0.05) is 34.3 Å². The fourth-order valence-electron chi connectivity index (χ4n) is 11.0. The van der Waals surface area contributed by atoms with Crippen molar-refractivity contribution in [3.05, 3.63) is 94.7 Å². The van der Waals surface area contributed by atoms with Crippen LogP contribution in [0, 0.1) is 36.0 Å². The molecule has 2 aliphatic carbocycles. The zero-order chi connectivity index (χ0) is 44.8. The Kier molecular flexibility index (Phi) is 12.0. The molecule has 5 fully saturated rings. The van der Waals surface area contributed by atoms with Crippen LogP contribution >= 0.6 is 0 Å². The third kappa shape index (κ3) is 8.85. The summed E-state index contributed by atoms with van der Waals surface area (Å²) in [4.78, 5) is 44.1. The summed E-state index contributed by atoms with van der Waals surface area (Å²) in [5.74, 6) is 1.13. The van der Waals surface area contributed by atoms with Crippen LogP contribution in [0.4, 0.5) is 5.69 Å². The van der Waals surface area contributed by atoms with Crippen molar-refractivity contribution in [3.8, 4) is 23.3 Å². The Morgan fingerprint density at radius 2 is 1.51 bits per heavy atom. The standard InChI is InChI=1S/C50H62N6O7/c1-30-21-38(22-31(2)41(30)28-51)63-47-48(4,5)46(49(47,6)7)54-43(57)33-10-12-35(13-11-33)55-17-15-50(16-18-55)29-56(19-20-61-50)36-25-40(26-36)62-39-24-34(23-37(27-39)60-8)44(58)53-42-14-9-32(3)52-45(42)59/h10-13,21-24,27,36,40,42,46-47H,3,9,14-20,25-26,29H2,1-2,4-8H3,(H,52,59)(H,53,58)(H,54,57). The van der Waals surface area contributed by atoms with E-state index in [1.54, 1.807) is 25.3 Å². The number of nitrogens with one attached hydrogen (secondary N) is 3. The van der Waals surface area contributed by atoms with E-state index in [0.29, 0.717) is 59.4 Å². The molecule has 1 unspecified atom stereocenters. The van der Waals surface area contributed by atoms with Gasteiger partial charge in [-0.25, -0.2) is 0 Å². The molecule has 5 aliphatic rings. The number of carbonyl (C=O) groups excluding carboxylic acids is 3. The van der Waals surface area contributed by atoms with Gasteiger partial charge in [-0.2, -0.15) is 5.26 Å². The number of morpholine rings is 1. The van der Waals surface area contributed by atoms with Crippen molar-refractivity contribution in [2.75, 3.05) is 44.8 Å². The maximum Gasteiger partial charge on any atom is 0.252 e. The topological polar surface area (TPSA) is 154 Å². The van der Waals surface area contributed by atoms with E-state index in [1.807, 2.05) is 38.1 Å².